The first-order valence-corrected chi connectivity index (χ1v) is 8.41. The lowest BCUT2D eigenvalue weighted by molar-refractivity contribution is 0.103. The van der Waals surface area contributed by atoms with Gasteiger partial charge in [0.05, 0.1) is 5.02 Å². The first-order chi connectivity index (χ1) is 11.5. The molecule has 0 saturated carbocycles. The van der Waals surface area contributed by atoms with Crippen LogP contribution in [0.15, 0.2) is 42.5 Å². The number of ketones is 1. The number of piperazine rings is 1. The van der Waals surface area contributed by atoms with Crippen LogP contribution in [-0.4, -0.2) is 48.8 Å². The summed E-state index contributed by atoms with van der Waals surface area (Å²) in [6.07, 6.45) is 0. The molecule has 5 heteroatoms. The second-order valence-electron chi connectivity index (χ2n) is 6.19. The Morgan fingerprint density at radius 3 is 2.54 bits per heavy atom. The summed E-state index contributed by atoms with van der Waals surface area (Å²) in [6, 6.07) is 11.7. The molecule has 0 atom stereocenters. The lowest BCUT2D eigenvalue weighted by atomic mass is 9.98. The van der Waals surface area contributed by atoms with E-state index >= 15 is 0 Å². The molecule has 0 radical (unpaired) electrons. The standard InChI is InChI=1S/C19H20ClFN2O/c1-22-8-10-23(11-9-22)13-15-4-2-3-5-16(15)19(24)14-6-7-18(21)17(20)12-14/h2-7,12H,8-11,13H2,1H3. The highest BCUT2D eigenvalue weighted by Crippen LogP contribution is 2.21. The number of carbonyl (C=O) groups excluding carboxylic acids is 1. The molecule has 0 aromatic heterocycles. The van der Waals surface area contributed by atoms with E-state index in [-0.39, 0.29) is 10.8 Å². The van der Waals surface area contributed by atoms with Crippen LogP contribution in [0.2, 0.25) is 5.02 Å². The molecule has 0 N–H and O–H groups in total. The Bertz CT molecular complexity index is 742. The Morgan fingerprint density at radius 1 is 1.12 bits per heavy atom. The van der Waals surface area contributed by atoms with Crippen LogP contribution in [0.1, 0.15) is 21.5 Å². The third-order valence-corrected chi connectivity index (χ3v) is 4.72. The van der Waals surface area contributed by atoms with Crippen LogP contribution in [0, 0.1) is 5.82 Å². The first-order valence-electron chi connectivity index (χ1n) is 8.03. The molecule has 126 valence electrons. The van der Waals surface area contributed by atoms with E-state index in [0.717, 1.165) is 38.3 Å². The van der Waals surface area contributed by atoms with Gasteiger partial charge in [-0.2, -0.15) is 0 Å². The molecule has 1 aliphatic rings. The zero-order chi connectivity index (χ0) is 17.1. The van der Waals surface area contributed by atoms with Crippen LogP contribution in [0.5, 0.6) is 0 Å². The normalized spacial score (nSPS) is 16.3. The van der Waals surface area contributed by atoms with E-state index in [2.05, 4.69) is 16.8 Å². The average molecular weight is 347 g/mol. The fraction of sp³-hybridized carbons (Fsp3) is 0.316. The molecule has 3 rings (SSSR count). The highest BCUT2D eigenvalue weighted by atomic mass is 35.5. The predicted octanol–water partition coefficient (Wildman–Crippen LogP) is 3.46. The van der Waals surface area contributed by atoms with Crippen LogP contribution in [0.25, 0.3) is 0 Å². The van der Waals surface area contributed by atoms with Crippen LogP contribution in [-0.2, 0) is 6.54 Å². The van der Waals surface area contributed by atoms with Crippen molar-refractivity contribution in [1.82, 2.24) is 9.80 Å². The van der Waals surface area contributed by atoms with Crippen molar-refractivity contribution in [3.63, 3.8) is 0 Å². The smallest absolute Gasteiger partial charge is 0.193 e. The van der Waals surface area contributed by atoms with Gasteiger partial charge in [-0.3, -0.25) is 9.69 Å². The summed E-state index contributed by atoms with van der Waals surface area (Å²) in [6.45, 7) is 4.78. The van der Waals surface area contributed by atoms with E-state index in [1.807, 2.05) is 24.3 Å². The zero-order valence-electron chi connectivity index (χ0n) is 13.6. The molecule has 0 bridgehead atoms. The first kappa shape index (κ1) is 17.1. The van der Waals surface area contributed by atoms with Gasteiger partial charge in [0.25, 0.3) is 0 Å². The maximum atomic E-state index is 13.3. The Kier molecular flexibility index (Phi) is 5.29. The number of carbonyl (C=O) groups is 1. The van der Waals surface area contributed by atoms with E-state index < -0.39 is 5.82 Å². The summed E-state index contributed by atoms with van der Waals surface area (Å²) in [7, 11) is 2.12. The second kappa shape index (κ2) is 7.43. The van der Waals surface area contributed by atoms with Crippen molar-refractivity contribution >= 4 is 17.4 Å². The van der Waals surface area contributed by atoms with Gasteiger partial charge >= 0.3 is 0 Å². The van der Waals surface area contributed by atoms with Crippen molar-refractivity contribution in [2.45, 2.75) is 6.54 Å². The summed E-state index contributed by atoms with van der Waals surface area (Å²) in [4.78, 5) is 17.5. The molecule has 1 saturated heterocycles. The average Bonchev–Trinajstić information content (AvgIpc) is 2.59. The van der Waals surface area contributed by atoms with E-state index in [1.54, 1.807) is 0 Å². The summed E-state index contributed by atoms with van der Waals surface area (Å²) >= 11 is 5.81. The van der Waals surface area contributed by atoms with E-state index in [1.165, 1.54) is 18.2 Å². The van der Waals surface area contributed by atoms with Gasteiger partial charge in [-0.15, -0.1) is 0 Å². The van der Waals surface area contributed by atoms with Crippen LogP contribution >= 0.6 is 11.6 Å². The summed E-state index contributed by atoms with van der Waals surface area (Å²) < 4.78 is 13.3. The monoisotopic (exact) mass is 346 g/mol. The number of hydrogen-bond donors (Lipinski definition) is 0. The topological polar surface area (TPSA) is 23.6 Å². The van der Waals surface area contributed by atoms with E-state index in [9.17, 15) is 9.18 Å². The molecule has 1 fully saturated rings. The minimum Gasteiger partial charge on any atom is -0.304 e. The lowest BCUT2D eigenvalue weighted by Gasteiger charge is -2.32. The zero-order valence-corrected chi connectivity index (χ0v) is 14.4. The molecular formula is C19H20ClFN2O. The SMILES string of the molecule is CN1CCN(Cc2ccccc2C(=O)c2ccc(F)c(Cl)c2)CC1. The van der Waals surface area contributed by atoms with Gasteiger partial charge in [0, 0.05) is 43.9 Å². The Labute approximate surface area is 146 Å². The van der Waals surface area contributed by atoms with Gasteiger partial charge in [0.2, 0.25) is 0 Å². The predicted molar refractivity (Wildman–Crippen MR) is 94.1 cm³/mol. The Balaban J connectivity index is 1.83. The number of rotatable bonds is 4. The molecule has 3 nitrogen and oxygen atoms in total. The Hall–Kier alpha value is -1.75. The second-order valence-corrected chi connectivity index (χ2v) is 6.60. The number of halogens is 2. The fourth-order valence-corrected chi connectivity index (χ4v) is 3.10. The van der Waals surface area contributed by atoms with Gasteiger partial charge in [-0.1, -0.05) is 35.9 Å². The Morgan fingerprint density at radius 2 is 1.83 bits per heavy atom. The highest BCUT2D eigenvalue weighted by molar-refractivity contribution is 6.31. The number of nitrogens with zero attached hydrogens (tertiary/aromatic N) is 2. The van der Waals surface area contributed by atoms with E-state index in [0.29, 0.717) is 11.1 Å². The maximum absolute atomic E-state index is 13.3. The minimum absolute atomic E-state index is 0.0302. The largest absolute Gasteiger partial charge is 0.304 e. The number of likely N-dealkylation sites (N-methyl/N-ethyl adjacent to an activating group) is 1. The molecule has 0 aliphatic carbocycles. The van der Waals surface area contributed by atoms with Crippen molar-refractivity contribution in [1.29, 1.82) is 0 Å². The fourth-order valence-electron chi connectivity index (χ4n) is 2.92. The lowest BCUT2D eigenvalue weighted by Crippen LogP contribution is -2.44. The minimum atomic E-state index is -0.515. The van der Waals surface area contributed by atoms with Gasteiger partial charge in [-0.25, -0.2) is 4.39 Å². The van der Waals surface area contributed by atoms with E-state index in [4.69, 9.17) is 11.6 Å². The molecule has 1 aliphatic heterocycles. The number of hydrogen-bond acceptors (Lipinski definition) is 3. The maximum Gasteiger partial charge on any atom is 0.193 e. The molecule has 1 heterocycles. The van der Waals surface area contributed by atoms with Crippen LogP contribution in [0.3, 0.4) is 0 Å². The third kappa shape index (κ3) is 3.83. The van der Waals surface area contributed by atoms with Crippen molar-refractivity contribution in [3.8, 4) is 0 Å². The van der Waals surface area contributed by atoms with Crippen molar-refractivity contribution in [3.05, 3.63) is 70.0 Å². The highest BCUT2D eigenvalue weighted by Gasteiger charge is 2.19. The van der Waals surface area contributed by atoms with Gasteiger partial charge in [0.15, 0.2) is 5.78 Å². The van der Waals surface area contributed by atoms with Gasteiger partial charge in [-0.05, 0) is 30.8 Å². The quantitative estimate of drug-likeness (QED) is 0.792. The number of benzene rings is 2. The van der Waals surface area contributed by atoms with Crippen molar-refractivity contribution in [2.75, 3.05) is 33.2 Å². The van der Waals surface area contributed by atoms with Crippen LogP contribution in [0.4, 0.5) is 4.39 Å². The summed E-state index contributed by atoms with van der Waals surface area (Å²) in [5.74, 6) is -0.638. The molecule has 24 heavy (non-hydrogen) atoms. The molecule has 0 amide bonds. The van der Waals surface area contributed by atoms with Crippen molar-refractivity contribution in [2.24, 2.45) is 0 Å². The third-order valence-electron chi connectivity index (χ3n) is 4.43. The van der Waals surface area contributed by atoms with Crippen LogP contribution < -0.4 is 0 Å². The van der Waals surface area contributed by atoms with Gasteiger partial charge < -0.3 is 4.90 Å². The summed E-state index contributed by atoms with van der Waals surface area (Å²) in [5.41, 5.74) is 2.05. The molecule has 0 spiro atoms. The van der Waals surface area contributed by atoms with Crippen molar-refractivity contribution < 1.29 is 9.18 Å². The molecule has 2 aromatic rings. The van der Waals surface area contributed by atoms with Gasteiger partial charge in [0.1, 0.15) is 5.82 Å². The summed E-state index contributed by atoms with van der Waals surface area (Å²) in [5, 5.41) is -0.0302. The molecule has 2 aromatic carbocycles. The molecule has 0 unspecified atom stereocenters. The molecular weight excluding hydrogens is 327 g/mol.